The molecule has 3 atom stereocenters. The van der Waals surface area contributed by atoms with Crippen molar-refractivity contribution in [1.82, 2.24) is 5.32 Å². The predicted octanol–water partition coefficient (Wildman–Crippen LogP) is 0.0118. The third-order valence-corrected chi connectivity index (χ3v) is 2.22. The smallest absolute Gasteiger partial charge is 0.217 e. The number of nitrogens with one attached hydrogen (secondary N) is 1. The Bertz CT molecular complexity index is 267. The second kappa shape index (κ2) is 3.99. The Morgan fingerprint density at radius 1 is 1.79 bits per heavy atom. The van der Waals surface area contributed by atoms with Gasteiger partial charge in [0.2, 0.25) is 5.91 Å². The molecule has 1 rings (SSSR count). The van der Waals surface area contributed by atoms with Crippen molar-refractivity contribution in [3.8, 4) is 12.3 Å². The van der Waals surface area contributed by atoms with Gasteiger partial charge < -0.3 is 15.2 Å². The number of hydrogen-bond donors (Lipinski definition) is 2. The van der Waals surface area contributed by atoms with E-state index in [1.165, 1.54) is 6.92 Å². The number of carbonyl (C=O) groups excluding carboxylic acids is 1. The van der Waals surface area contributed by atoms with Gasteiger partial charge in [-0.2, -0.15) is 0 Å². The van der Waals surface area contributed by atoms with E-state index in [1.807, 2.05) is 0 Å². The van der Waals surface area contributed by atoms with Gasteiger partial charge in [0.05, 0.1) is 6.04 Å². The number of rotatable bonds is 1. The van der Waals surface area contributed by atoms with Crippen LogP contribution in [0.2, 0.25) is 0 Å². The van der Waals surface area contributed by atoms with Gasteiger partial charge in [0, 0.05) is 13.3 Å². The van der Waals surface area contributed by atoms with Gasteiger partial charge in [0.1, 0.15) is 6.10 Å². The number of carbonyl (C=O) groups is 1. The fraction of sp³-hybridized carbons (Fsp3) is 0.700. The zero-order valence-corrected chi connectivity index (χ0v) is 8.41. The highest BCUT2D eigenvalue weighted by atomic mass is 16.6. The molecule has 0 spiro atoms. The second-order valence-electron chi connectivity index (χ2n) is 3.73. The molecule has 0 radical (unpaired) electrons. The lowest BCUT2D eigenvalue weighted by molar-refractivity contribution is -0.235. The first-order valence-corrected chi connectivity index (χ1v) is 4.58. The highest BCUT2D eigenvalue weighted by Crippen LogP contribution is 2.26. The number of aliphatic hydroxyl groups is 1. The monoisotopic (exact) mass is 197 g/mol. The first kappa shape index (κ1) is 11.0. The number of hydrogen-bond acceptors (Lipinski definition) is 3. The molecule has 0 bridgehead atoms. The van der Waals surface area contributed by atoms with E-state index >= 15 is 0 Å². The van der Waals surface area contributed by atoms with Crippen LogP contribution in [0.1, 0.15) is 26.7 Å². The van der Waals surface area contributed by atoms with Gasteiger partial charge in [-0.05, 0) is 13.3 Å². The molecule has 2 N–H and O–H groups in total. The molecule has 1 saturated heterocycles. The van der Waals surface area contributed by atoms with E-state index < -0.39 is 11.9 Å². The summed E-state index contributed by atoms with van der Waals surface area (Å²) in [5.41, 5.74) is 0. The summed E-state index contributed by atoms with van der Waals surface area (Å²) in [6.07, 6.45) is 5.79. The molecule has 1 aliphatic rings. The van der Waals surface area contributed by atoms with Crippen molar-refractivity contribution in [2.45, 2.75) is 44.6 Å². The van der Waals surface area contributed by atoms with Crippen LogP contribution in [0.3, 0.4) is 0 Å². The van der Waals surface area contributed by atoms with Gasteiger partial charge in [-0.15, -0.1) is 6.42 Å². The Morgan fingerprint density at radius 3 is 2.93 bits per heavy atom. The van der Waals surface area contributed by atoms with E-state index in [0.717, 1.165) is 0 Å². The minimum atomic E-state index is -1.17. The van der Waals surface area contributed by atoms with E-state index in [4.69, 9.17) is 11.2 Å². The third-order valence-electron chi connectivity index (χ3n) is 2.22. The van der Waals surface area contributed by atoms with E-state index in [0.29, 0.717) is 12.8 Å². The number of ether oxygens (including phenoxy) is 1. The molecule has 4 heteroatoms. The minimum Gasteiger partial charge on any atom is -0.366 e. The summed E-state index contributed by atoms with van der Waals surface area (Å²) in [5.74, 6) is 1.10. The Kier molecular flexibility index (Phi) is 3.14. The van der Waals surface area contributed by atoms with E-state index in [-0.39, 0.29) is 11.9 Å². The quantitative estimate of drug-likeness (QED) is 0.582. The van der Waals surface area contributed by atoms with Crippen LogP contribution >= 0.6 is 0 Å². The van der Waals surface area contributed by atoms with Gasteiger partial charge in [-0.3, -0.25) is 4.79 Å². The third kappa shape index (κ3) is 2.72. The molecule has 14 heavy (non-hydrogen) atoms. The molecular formula is C10H15NO3. The molecule has 0 unspecified atom stereocenters. The fourth-order valence-corrected chi connectivity index (χ4v) is 1.55. The molecule has 1 fully saturated rings. The average molecular weight is 197 g/mol. The van der Waals surface area contributed by atoms with Crippen molar-refractivity contribution < 1.29 is 14.6 Å². The maximum atomic E-state index is 10.8. The van der Waals surface area contributed by atoms with Gasteiger partial charge in [-0.1, -0.05) is 5.92 Å². The Morgan fingerprint density at radius 2 is 2.43 bits per heavy atom. The summed E-state index contributed by atoms with van der Waals surface area (Å²) in [5, 5.41) is 12.3. The van der Waals surface area contributed by atoms with Crippen molar-refractivity contribution >= 4 is 5.91 Å². The van der Waals surface area contributed by atoms with Gasteiger partial charge >= 0.3 is 0 Å². The maximum Gasteiger partial charge on any atom is 0.217 e. The Balaban J connectivity index is 2.63. The van der Waals surface area contributed by atoms with Crippen molar-refractivity contribution in [1.29, 1.82) is 0 Å². The topological polar surface area (TPSA) is 58.6 Å². The summed E-state index contributed by atoms with van der Waals surface area (Å²) in [7, 11) is 0. The summed E-state index contributed by atoms with van der Waals surface area (Å²) < 4.78 is 5.24. The lowest BCUT2D eigenvalue weighted by atomic mass is 9.97. The van der Waals surface area contributed by atoms with Crippen molar-refractivity contribution in [3.63, 3.8) is 0 Å². The van der Waals surface area contributed by atoms with Crippen LogP contribution in [-0.2, 0) is 9.53 Å². The summed E-state index contributed by atoms with van der Waals surface area (Å²) in [4.78, 5) is 10.8. The SMILES string of the molecule is C#C[C@@H]1O[C@@](C)(O)CC[C@H]1NC(C)=O. The van der Waals surface area contributed by atoms with E-state index in [9.17, 15) is 9.90 Å². The first-order chi connectivity index (χ1) is 6.44. The Hall–Kier alpha value is -1.05. The molecule has 1 amide bonds. The van der Waals surface area contributed by atoms with Crippen LogP contribution in [-0.4, -0.2) is 28.9 Å². The molecule has 0 aromatic carbocycles. The van der Waals surface area contributed by atoms with E-state index in [2.05, 4.69) is 11.2 Å². The molecule has 0 aromatic rings. The zero-order valence-electron chi connectivity index (χ0n) is 8.41. The lowest BCUT2D eigenvalue weighted by Crippen LogP contribution is -2.52. The van der Waals surface area contributed by atoms with Crippen LogP contribution in [0.25, 0.3) is 0 Å². The predicted molar refractivity (Wildman–Crippen MR) is 51.2 cm³/mol. The summed E-state index contributed by atoms with van der Waals surface area (Å²) >= 11 is 0. The molecule has 1 heterocycles. The standard InChI is InChI=1S/C10H15NO3/c1-4-9-8(11-7(2)12)5-6-10(3,13)14-9/h1,8-9,13H,5-6H2,2-3H3,(H,11,12)/t8-,9+,10-/m1/s1. The van der Waals surface area contributed by atoms with Crippen LogP contribution in [0, 0.1) is 12.3 Å². The highest BCUT2D eigenvalue weighted by Gasteiger charge is 2.36. The lowest BCUT2D eigenvalue weighted by Gasteiger charge is -2.37. The van der Waals surface area contributed by atoms with Gasteiger partial charge in [0.25, 0.3) is 0 Å². The molecule has 78 valence electrons. The average Bonchev–Trinajstić information content (AvgIpc) is 2.07. The molecule has 1 aliphatic heterocycles. The maximum absolute atomic E-state index is 10.8. The summed E-state index contributed by atoms with van der Waals surface area (Å²) in [6.45, 7) is 3.00. The van der Waals surface area contributed by atoms with Crippen LogP contribution in [0.15, 0.2) is 0 Å². The van der Waals surface area contributed by atoms with Crippen LogP contribution in [0.4, 0.5) is 0 Å². The van der Waals surface area contributed by atoms with Crippen molar-refractivity contribution in [3.05, 3.63) is 0 Å². The molecule has 4 nitrogen and oxygen atoms in total. The largest absolute Gasteiger partial charge is 0.366 e. The van der Waals surface area contributed by atoms with Crippen LogP contribution in [0.5, 0.6) is 0 Å². The molecular weight excluding hydrogens is 182 g/mol. The molecule has 0 aromatic heterocycles. The van der Waals surface area contributed by atoms with Crippen molar-refractivity contribution in [2.24, 2.45) is 0 Å². The normalized spacial score (nSPS) is 37.3. The van der Waals surface area contributed by atoms with Crippen molar-refractivity contribution in [2.75, 3.05) is 0 Å². The molecule has 0 saturated carbocycles. The van der Waals surface area contributed by atoms with Gasteiger partial charge in [0.15, 0.2) is 5.79 Å². The van der Waals surface area contributed by atoms with E-state index in [1.54, 1.807) is 6.92 Å². The van der Waals surface area contributed by atoms with Crippen LogP contribution < -0.4 is 5.32 Å². The fourth-order valence-electron chi connectivity index (χ4n) is 1.55. The molecule has 0 aliphatic carbocycles. The second-order valence-corrected chi connectivity index (χ2v) is 3.73. The number of terminal acetylenes is 1. The summed E-state index contributed by atoms with van der Waals surface area (Å²) in [6, 6.07) is -0.197. The highest BCUT2D eigenvalue weighted by molar-refractivity contribution is 5.73. The van der Waals surface area contributed by atoms with Gasteiger partial charge in [-0.25, -0.2) is 0 Å². The minimum absolute atomic E-state index is 0.139. The Labute approximate surface area is 83.6 Å². The number of amides is 1. The zero-order chi connectivity index (χ0) is 10.8. The first-order valence-electron chi connectivity index (χ1n) is 4.58.